The largest absolute Gasteiger partial charge is 0.466 e. The Bertz CT molecular complexity index is 319. The van der Waals surface area contributed by atoms with E-state index in [9.17, 15) is 9.59 Å². The Kier molecular flexibility index (Phi) is 5.68. The van der Waals surface area contributed by atoms with Crippen LogP contribution in [0.2, 0.25) is 0 Å². The van der Waals surface area contributed by atoms with Gasteiger partial charge in [-0.15, -0.1) is 0 Å². The molecule has 4 heteroatoms. The summed E-state index contributed by atoms with van der Waals surface area (Å²) in [5.41, 5.74) is 0. The molecular formula is C13H19NO3. The second-order valence-corrected chi connectivity index (χ2v) is 4.43. The van der Waals surface area contributed by atoms with Gasteiger partial charge in [0, 0.05) is 18.3 Å². The Morgan fingerprint density at radius 2 is 2.18 bits per heavy atom. The highest BCUT2D eigenvalue weighted by atomic mass is 16.5. The van der Waals surface area contributed by atoms with Gasteiger partial charge in [0.2, 0.25) is 0 Å². The molecule has 0 bridgehead atoms. The van der Waals surface area contributed by atoms with E-state index >= 15 is 0 Å². The summed E-state index contributed by atoms with van der Waals surface area (Å²) in [6.07, 6.45) is 3.86. The zero-order valence-electron chi connectivity index (χ0n) is 10.3. The molecule has 0 aromatic carbocycles. The molecule has 1 fully saturated rings. The molecule has 2 unspecified atom stereocenters. The summed E-state index contributed by atoms with van der Waals surface area (Å²) in [5, 5.41) is 8.53. The molecule has 1 saturated carbocycles. The van der Waals surface area contributed by atoms with E-state index in [4.69, 9.17) is 10.00 Å². The van der Waals surface area contributed by atoms with E-state index in [2.05, 4.69) is 6.07 Å². The molecule has 0 aromatic rings. The molecule has 1 aliphatic rings. The van der Waals surface area contributed by atoms with Gasteiger partial charge < -0.3 is 4.74 Å². The van der Waals surface area contributed by atoms with Crippen LogP contribution in [0.15, 0.2) is 0 Å². The molecule has 17 heavy (non-hydrogen) atoms. The van der Waals surface area contributed by atoms with Crippen molar-refractivity contribution >= 4 is 11.8 Å². The molecule has 0 aromatic heterocycles. The third kappa shape index (κ3) is 4.18. The lowest BCUT2D eigenvalue weighted by molar-refractivity contribution is -0.147. The van der Waals surface area contributed by atoms with E-state index in [0.717, 1.165) is 19.3 Å². The number of rotatable bonds is 5. The van der Waals surface area contributed by atoms with Gasteiger partial charge in [-0.2, -0.15) is 5.26 Å². The Hall–Kier alpha value is -1.37. The van der Waals surface area contributed by atoms with Gasteiger partial charge in [0.1, 0.15) is 5.78 Å². The van der Waals surface area contributed by atoms with Crippen LogP contribution in [0.4, 0.5) is 0 Å². The fourth-order valence-corrected chi connectivity index (χ4v) is 2.38. The van der Waals surface area contributed by atoms with Crippen LogP contribution in [-0.2, 0) is 14.3 Å². The van der Waals surface area contributed by atoms with Crippen molar-refractivity contribution in [2.45, 2.75) is 45.4 Å². The van der Waals surface area contributed by atoms with Gasteiger partial charge in [0.15, 0.2) is 0 Å². The fraction of sp³-hybridized carbons (Fsp3) is 0.769. The van der Waals surface area contributed by atoms with Gasteiger partial charge in [-0.25, -0.2) is 0 Å². The Morgan fingerprint density at radius 1 is 1.47 bits per heavy atom. The van der Waals surface area contributed by atoms with Gasteiger partial charge in [0.25, 0.3) is 0 Å². The molecule has 94 valence electrons. The van der Waals surface area contributed by atoms with Crippen molar-refractivity contribution in [2.75, 3.05) is 6.61 Å². The first-order valence-corrected chi connectivity index (χ1v) is 6.25. The minimum Gasteiger partial charge on any atom is -0.466 e. The molecule has 2 atom stereocenters. The van der Waals surface area contributed by atoms with E-state index in [1.54, 1.807) is 6.92 Å². The number of Topliss-reactive ketones (excluding diaryl/α,β-unsaturated/α-hetero) is 1. The summed E-state index contributed by atoms with van der Waals surface area (Å²) in [5.74, 6) is -0.347. The fourth-order valence-electron chi connectivity index (χ4n) is 2.38. The first kappa shape index (κ1) is 13.7. The molecule has 0 amide bonds. The number of ether oxygens (including phenoxy) is 1. The van der Waals surface area contributed by atoms with Crippen molar-refractivity contribution in [3.8, 4) is 6.07 Å². The second kappa shape index (κ2) is 7.05. The van der Waals surface area contributed by atoms with Crippen LogP contribution in [0.1, 0.15) is 45.4 Å². The number of nitriles is 1. The first-order valence-electron chi connectivity index (χ1n) is 6.25. The Morgan fingerprint density at radius 3 is 2.82 bits per heavy atom. The van der Waals surface area contributed by atoms with Crippen molar-refractivity contribution in [1.29, 1.82) is 5.26 Å². The number of ketones is 1. The summed E-state index contributed by atoms with van der Waals surface area (Å²) < 4.78 is 4.87. The highest BCUT2D eigenvalue weighted by Gasteiger charge is 2.32. The summed E-state index contributed by atoms with van der Waals surface area (Å²) in [7, 11) is 0. The zero-order chi connectivity index (χ0) is 12.7. The van der Waals surface area contributed by atoms with Gasteiger partial charge in [-0.3, -0.25) is 9.59 Å². The highest BCUT2D eigenvalue weighted by molar-refractivity contribution is 5.87. The predicted octanol–water partition coefficient (Wildman–Crippen LogP) is 2.23. The van der Waals surface area contributed by atoms with Gasteiger partial charge >= 0.3 is 5.97 Å². The summed E-state index contributed by atoms with van der Waals surface area (Å²) in [6.45, 7) is 2.12. The van der Waals surface area contributed by atoms with Crippen molar-refractivity contribution in [3.63, 3.8) is 0 Å². The number of carbonyl (C=O) groups excluding carboxylic acids is 2. The van der Waals surface area contributed by atoms with E-state index in [-0.39, 0.29) is 30.0 Å². The second-order valence-electron chi connectivity index (χ2n) is 4.43. The third-order valence-electron chi connectivity index (χ3n) is 3.23. The van der Waals surface area contributed by atoms with Crippen LogP contribution < -0.4 is 0 Å². The van der Waals surface area contributed by atoms with E-state index in [1.807, 2.05) is 0 Å². The maximum Gasteiger partial charge on any atom is 0.306 e. The minimum atomic E-state index is -0.285. The number of nitrogens with zero attached hydrogens (tertiary/aromatic N) is 1. The van der Waals surface area contributed by atoms with Crippen molar-refractivity contribution in [3.05, 3.63) is 0 Å². The third-order valence-corrected chi connectivity index (χ3v) is 3.23. The maximum atomic E-state index is 12.1. The lowest BCUT2D eigenvalue weighted by Gasteiger charge is -2.26. The lowest BCUT2D eigenvalue weighted by atomic mass is 9.77. The van der Waals surface area contributed by atoms with Crippen LogP contribution in [-0.4, -0.2) is 18.4 Å². The molecule has 0 N–H and O–H groups in total. The van der Waals surface area contributed by atoms with Crippen LogP contribution in [0.25, 0.3) is 0 Å². The van der Waals surface area contributed by atoms with Gasteiger partial charge in [0.05, 0.1) is 19.1 Å². The van der Waals surface area contributed by atoms with Gasteiger partial charge in [-0.05, 0) is 26.2 Å². The molecule has 1 aliphatic carbocycles. The molecule has 0 heterocycles. The van der Waals surface area contributed by atoms with Crippen LogP contribution in [0.3, 0.4) is 0 Å². The minimum absolute atomic E-state index is 0.0252. The van der Waals surface area contributed by atoms with Gasteiger partial charge in [-0.1, -0.05) is 6.42 Å². The molecule has 0 radical (unpaired) electrons. The Balaban J connectivity index is 2.47. The molecule has 0 saturated heterocycles. The average molecular weight is 237 g/mol. The van der Waals surface area contributed by atoms with Crippen molar-refractivity contribution in [2.24, 2.45) is 11.8 Å². The number of esters is 1. The molecule has 0 aliphatic heterocycles. The standard InChI is InChI=1S/C13H19NO3/c1-2-17-12(15)9-11-6-3-5-10(13(11)16)7-4-8-14/h10-11H,2-7,9H2,1H3. The summed E-state index contributed by atoms with van der Waals surface area (Å²) in [4.78, 5) is 23.4. The average Bonchev–Trinajstić information content (AvgIpc) is 2.30. The normalized spacial score (nSPS) is 24.1. The van der Waals surface area contributed by atoms with E-state index < -0.39 is 0 Å². The molecule has 0 spiro atoms. The lowest BCUT2D eigenvalue weighted by Crippen LogP contribution is -2.30. The number of carbonyl (C=O) groups is 2. The van der Waals surface area contributed by atoms with Crippen molar-refractivity contribution < 1.29 is 14.3 Å². The number of hydrogen-bond donors (Lipinski definition) is 0. The highest BCUT2D eigenvalue weighted by Crippen LogP contribution is 2.30. The Labute approximate surface area is 102 Å². The topological polar surface area (TPSA) is 67.2 Å². The van der Waals surface area contributed by atoms with E-state index in [1.165, 1.54) is 0 Å². The maximum absolute atomic E-state index is 12.1. The number of hydrogen-bond acceptors (Lipinski definition) is 4. The molecule has 4 nitrogen and oxygen atoms in total. The quantitative estimate of drug-likeness (QED) is 0.688. The predicted molar refractivity (Wildman–Crippen MR) is 61.9 cm³/mol. The van der Waals surface area contributed by atoms with Crippen LogP contribution in [0.5, 0.6) is 0 Å². The van der Waals surface area contributed by atoms with Crippen LogP contribution in [0, 0.1) is 23.2 Å². The first-order chi connectivity index (χ1) is 8.19. The monoisotopic (exact) mass is 237 g/mol. The zero-order valence-corrected chi connectivity index (χ0v) is 10.3. The molecule has 1 rings (SSSR count). The SMILES string of the molecule is CCOC(=O)CC1CCCC(CCC#N)C1=O. The summed E-state index contributed by atoms with van der Waals surface area (Å²) in [6, 6.07) is 2.07. The smallest absolute Gasteiger partial charge is 0.306 e. The van der Waals surface area contributed by atoms with E-state index in [0.29, 0.717) is 19.4 Å². The summed E-state index contributed by atoms with van der Waals surface area (Å²) >= 11 is 0. The molecular weight excluding hydrogens is 218 g/mol. The van der Waals surface area contributed by atoms with Crippen LogP contribution >= 0.6 is 0 Å². The van der Waals surface area contributed by atoms with Crippen molar-refractivity contribution in [1.82, 2.24) is 0 Å².